The second-order valence-corrected chi connectivity index (χ2v) is 8.41. The van der Waals surface area contributed by atoms with Crippen molar-refractivity contribution in [1.29, 1.82) is 0 Å². The predicted molar refractivity (Wildman–Crippen MR) is 118 cm³/mol. The maximum absolute atomic E-state index is 13.2. The zero-order chi connectivity index (χ0) is 21.5. The van der Waals surface area contributed by atoms with Gasteiger partial charge in [0, 0.05) is 10.6 Å². The molecule has 0 saturated carbocycles. The number of fused-ring (bicyclic) bond motifs is 1. The van der Waals surface area contributed by atoms with Crippen LogP contribution in [0.25, 0.3) is 32.4 Å². The summed E-state index contributed by atoms with van der Waals surface area (Å²) in [6.45, 7) is 2.14. The fraction of sp³-hybridized carbons (Fsp3) is 0.0909. The third-order valence-electron chi connectivity index (χ3n) is 4.91. The molecule has 0 bridgehead atoms. The van der Waals surface area contributed by atoms with E-state index in [1.54, 1.807) is 24.3 Å². The smallest absolute Gasteiger partial charge is 0.268 e. The Morgan fingerprint density at radius 2 is 1.87 bits per heavy atom. The molecule has 2 aromatic carbocycles. The minimum atomic E-state index is -0.319. The normalized spacial score (nSPS) is 11.3. The summed E-state index contributed by atoms with van der Waals surface area (Å²) >= 11 is 7.26. The lowest BCUT2D eigenvalue weighted by atomic mass is 10.2. The van der Waals surface area contributed by atoms with Crippen molar-refractivity contribution >= 4 is 33.2 Å². The summed E-state index contributed by atoms with van der Waals surface area (Å²) in [4.78, 5) is 23.3. The van der Waals surface area contributed by atoms with E-state index in [-0.39, 0.29) is 11.4 Å². The third-order valence-corrected chi connectivity index (χ3v) is 6.35. The van der Waals surface area contributed by atoms with Crippen molar-refractivity contribution in [2.45, 2.75) is 13.5 Å². The number of aromatic nitrogens is 4. The van der Waals surface area contributed by atoms with Gasteiger partial charge in [-0.2, -0.15) is 4.98 Å². The molecule has 5 aromatic rings. The van der Waals surface area contributed by atoms with E-state index in [1.807, 2.05) is 19.1 Å². The number of benzene rings is 2. The van der Waals surface area contributed by atoms with Crippen molar-refractivity contribution in [2.24, 2.45) is 0 Å². The first-order valence-electron chi connectivity index (χ1n) is 9.32. The van der Waals surface area contributed by atoms with Crippen LogP contribution in [0, 0.1) is 12.7 Å². The average Bonchev–Trinajstić information content (AvgIpc) is 3.37. The molecule has 0 fully saturated rings. The quantitative estimate of drug-likeness (QED) is 0.368. The number of rotatable bonds is 4. The number of hydrogen-bond acceptors (Lipinski definition) is 6. The maximum Gasteiger partial charge on any atom is 0.268 e. The first-order chi connectivity index (χ1) is 15.0. The van der Waals surface area contributed by atoms with Gasteiger partial charge >= 0.3 is 0 Å². The lowest BCUT2D eigenvalue weighted by molar-refractivity contribution is 0.433. The molecule has 0 saturated heterocycles. The van der Waals surface area contributed by atoms with Gasteiger partial charge in [0.25, 0.3) is 11.4 Å². The standard InChI is InChI=1S/C22H14ClFN4O2S/c1-12-17-21(25-11-28(22(17)29)10-13-2-8-16(24)9-3-13)31-18(12)20-26-19(27-30-20)14-4-6-15(23)7-5-14/h2-9,11H,10H2,1H3. The molecular weight excluding hydrogens is 439 g/mol. The van der Waals surface area contributed by atoms with Crippen molar-refractivity contribution in [3.63, 3.8) is 0 Å². The van der Waals surface area contributed by atoms with Gasteiger partial charge in [0.15, 0.2) is 0 Å². The van der Waals surface area contributed by atoms with Gasteiger partial charge < -0.3 is 4.52 Å². The van der Waals surface area contributed by atoms with Crippen LogP contribution in [0.4, 0.5) is 4.39 Å². The van der Waals surface area contributed by atoms with E-state index in [1.165, 1.54) is 34.4 Å². The van der Waals surface area contributed by atoms with Crippen LogP contribution >= 0.6 is 22.9 Å². The molecule has 6 nitrogen and oxygen atoms in total. The number of aryl methyl sites for hydroxylation is 1. The largest absolute Gasteiger partial charge is 0.333 e. The second-order valence-electron chi connectivity index (χ2n) is 6.97. The van der Waals surface area contributed by atoms with E-state index in [9.17, 15) is 9.18 Å². The third kappa shape index (κ3) is 3.64. The van der Waals surface area contributed by atoms with Crippen LogP contribution in [0.1, 0.15) is 11.1 Å². The molecule has 0 aliphatic carbocycles. The van der Waals surface area contributed by atoms with Crippen LogP contribution in [0.2, 0.25) is 5.02 Å². The topological polar surface area (TPSA) is 73.8 Å². The van der Waals surface area contributed by atoms with E-state index < -0.39 is 0 Å². The molecule has 154 valence electrons. The van der Waals surface area contributed by atoms with Crippen molar-refractivity contribution in [1.82, 2.24) is 19.7 Å². The Labute approximate surface area is 184 Å². The molecule has 0 radical (unpaired) electrons. The molecule has 0 amide bonds. The molecule has 0 atom stereocenters. The highest BCUT2D eigenvalue weighted by Gasteiger charge is 2.20. The highest BCUT2D eigenvalue weighted by atomic mass is 35.5. The Morgan fingerprint density at radius 3 is 2.61 bits per heavy atom. The van der Waals surface area contributed by atoms with Crippen LogP contribution in [-0.4, -0.2) is 19.7 Å². The van der Waals surface area contributed by atoms with Crippen LogP contribution in [-0.2, 0) is 6.54 Å². The van der Waals surface area contributed by atoms with Crippen molar-refractivity contribution in [3.8, 4) is 22.2 Å². The van der Waals surface area contributed by atoms with Gasteiger partial charge in [-0.05, 0) is 54.4 Å². The Hall–Kier alpha value is -3.36. The van der Waals surface area contributed by atoms with E-state index in [0.717, 1.165) is 16.7 Å². The molecule has 3 heterocycles. The SMILES string of the molecule is Cc1c(-c2nc(-c3ccc(Cl)cc3)no2)sc2ncn(Cc3ccc(F)cc3)c(=O)c12. The first-order valence-corrected chi connectivity index (χ1v) is 10.5. The fourth-order valence-corrected chi connectivity index (χ4v) is 4.48. The predicted octanol–water partition coefficient (Wildman–Crippen LogP) is 5.32. The highest BCUT2D eigenvalue weighted by molar-refractivity contribution is 7.22. The molecule has 0 aliphatic heterocycles. The van der Waals surface area contributed by atoms with Crippen LogP contribution in [0.15, 0.2) is 64.2 Å². The summed E-state index contributed by atoms with van der Waals surface area (Å²) in [5.41, 5.74) is 2.14. The Balaban J connectivity index is 1.53. The molecule has 0 spiro atoms. The van der Waals surface area contributed by atoms with E-state index >= 15 is 0 Å². The van der Waals surface area contributed by atoms with Crippen molar-refractivity contribution < 1.29 is 8.91 Å². The molecule has 3 aromatic heterocycles. The van der Waals surface area contributed by atoms with Crippen molar-refractivity contribution in [2.75, 3.05) is 0 Å². The number of halogens is 2. The summed E-state index contributed by atoms with van der Waals surface area (Å²) in [6, 6.07) is 13.2. The Kier molecular flexibility index (Phi) is 4.88. The van der Waals surface area contributed by atoms with Gasteiger partial charge in [-0.3, -0.25) is 9.36 Å². The van der Waals surface area contributed by atoms with Gasteiger partial charge in [0.2, 0.25) is 5.82 Å². The number of hydrogen-bond donors (Lipinski definition) is 0. The van der Waals surface area contributed by atoms with Crippen molar-refractivity contribution in [3.05, 3.63) is 87.2 Å². The fourth-order valence-electron chi connectivity index (χ4n) is 3.29. The summed E-state index contributed by atoms with van der Waals surface area (Å²) in [7, 11) is 0. The van der Waals surface area contributed by atoms with E-state index in [2.05, 4.69) is 15.1 Å². The summed E-state index contributed by atoms with van der Waals surface area (Å²) < 4.78 is 20.1. The summed E-state index contributed by atoms with van der Waals surface area (Å²) in [6.07, 6.45) is 1.50. The summed E-state index contributed by atoms with van der Waals surface area (Å²) in [5.74, 6) is 0.445. The van der Waals surface area contributed by atoms with E-state index in [0.29, 0.717) is 38.4 Å². The average molecular weight is 453 g/mol. The number of thiophene rings is 1. The van der Waals surface area contributed by atoms with Crippen LogP contribution in [0.3, 0.4) is 0 Å². The molecule has 0 aliphatic rings. The van der Waals surface area contributed by atoms with Crippen LogP contribution < -0.4 is 5.56 Å². The zero-order valence-electron chi connectivity index (χ0n) is 16.2. The molecule has 31 heavy (non-hydrogen) atoms. The van der Waals surface area contributed by atoms with Gasteiger partial charge in [0.05, 0.1) is 23.1 Å². The Morgan fingerprint density at radius 1 is 1.13 bits per heavy atom. The molecule has 5 rings (SSSR count). The molecule has 0 N–H and O–H groups in total. The Bertz CT molecular complexity index is 1460. The van der Waals surface area contributed by atoms with Gasteiger partial charge in [0.1, 0.15) is 10.6 Å². The van der Waals surface area contributed by atoms with Gasteiger partial charge in [-0.1, -0.05) is 28.9 Å². The lowest BCUT2D eigenvalue weighted by Gasteiger charge is -2.05. The molecule has 9 heteroatoms. The maximum atomic E-state index is 13.2. The lowest BCUT2D eigenvalue weighted by Crippen LogP contribution is -2.21. The summed E-state index contributed by atoms with van der Waals surface area (Å²) in [5, 5.41) is 5.18. The van der Waals surface area contributed by atoms with Gasteiger partial charge in [-0.15, -0.1) is 11.3 Å². The first kappa shape index (κ1) is 19.6. The minimum Gasteiger partial charge on any atom is -0.333 e. The molecule has 0 unspecified atom stereocenters. The van der Waals surface area contributed by atoms with E-state index in [4.69, 9.17) is 16.1 Å². The minimum absolute atomic E-state index is 0.174. The van der Waals surface area contributed by atoms with Gasteiger partial charge in [-0.25, -0.2) is 9.37 Å². The monoisotopic (exact) mass is 452 g/mol. The molecular formula is C22H14ClFN4O2S. The highest BCUT2D eigenvalue weighted by Crippen LogP contribution is 2.35. The zero-order valence-corrected chi connectivity index (χ0v) is 17.7. The second kappa shape index (κ2) is 7.72. The number of nitrogens with zero attached hydrogens (tertiary/aromatic N) is 4. The van der Waals surface area contributed by atoms with Crippen LogP contribution in [0.5, 0.6) is 0 Å².